The smallest absolute Gasteiger partial charge is 0.328 e. The molecule has 0 saturated heterocycles. The van der Waals surface area contributed by atoms with Crippen LogP contribution in [-0.4, -0.2) is 90.1 Å². The Kier molecular flexibility index (Phi) is 20.7. The number of halogens is 8. The summed E-state index contributed by atoms with van der Waals surface area (Å²) < 4.78 is 125. The first kappa shape index (κ1) is 84.7. The van der Waals surface area contributed by atoms with Crippen molar-refractivity contribution in [1.29, 1.82) is 0 Å². The second-order valence-electron chi connectivity index (χ2n) is 42.4. The molecule has 4 aliphatic heterocycles. The number of rotatable bonds is 16. The number of carboxylic acids is 2. The minimum absolute atomic E-state index is 0.0207. The van der Waals surface area contributed by atoms with Crippen LogP contribution >= 0.6 is 0 Å². The van der Waals surface area contributed by atoms with E-state index in [0.717, 1.165) is 125 Å². The number of benzene rings is 8. The Morgan fingerprint density at radius 2 is 0.602 bits per heavy atom. The first-order valence-electron chi connectivity index (χ1n) is 46.7. The maximum Gasteiger partial charge on any atom is 0.328 e. The lowest BCUT2D eigenvalue weighted by molar-refractivity contribution is -0.231. The summed E-state index contributed by atoms with van der Waals surface area (Å²) in [6, 6.07) is 44.0. The van der Waals surface area contributed by atoms with Crippen LogP contribution in [0.25, 0.3) is 46.6 Å². The zero-order valence-corrected chi connectivity index (χ0v) is 74.3. The van der Waals surface area contributed by atoms with Gasteiger partial charge in [-0.05, 0) is 375 Å². The minimum Gasteiger partial charge on any atom is -0.478 e. The molecule has 0 spiro atoms. The average Bonchev–Trinajstić information content (AvgIpc) is 0.921. The second-order valence-corrected chi connectivity index (χ2v) is 42.4. The third kappa shape index (κ3) is 14.1. The van der Waals surface area contributed by atoms with Crippen LogP contribution in [0.3, 0.4) is 0 Å². The summed E-state index contributed by atoms with van der Waals surface area (Å²) in [7, 11) is 0. The van der Waals surface area contributed by atoms with Gasteiger partial charge in [0.1, 0.15) is 46.5 Å². The molecule has 8 aromatic rings. The molecule has 4 heterocycles. The average molecular weight is 1730 g/mol. The Balaban J connectivity index is 0.000000104. The molecule has 8 atom stereocenters. The van der Waals surface area contributed by atoms with Crippen molar-refractivity contribution in [2.24, 2.45) is 33.5 Å². The standard InChI is InChI=1S/2C28H27F2NO2.2C28H29F2N/c2*1-16-9-20-19-6-4-3-5-18(19)12-21(20)26(31(16)28-13-27(2,14-28)15-28)25-22(29)10-17(11-23(25)30)7-8-24(32)33;2*1-3-6-18-10-24(29)26(25(30)11-18)27-23-12-20-7-4-5-8-21(20)22(23)9-17(2)31(27)16-28-13-19(14-28)15-28/h2*3-8,10-11,16,26H,9,12-15H2,1-2H3,(H,32,33);2*3-8,10-11,17,19,27H,9,12-16H2,1-2H3/b2*8-7+;2*6-3+/t16-,26+,27?,28?;16-,26-,27?,28?;17-,19?,27+,28?;17-,19?,27-,28?/m1111/s1. The molecule has 20 aliphatic rings. The molecule has 8 nitrogen and oxygen atoms in total. The highest BCUT2D eigenvalue weighted by Gasteiger charge is 2.72. The number of hydrogen-bond donors (Lipinski definition) is 2. The van der Waals surface area contributed by atoms with E-state index in [9.17, 15) is 9.59 Å². The van der Waals surface area contributed by atoms with Crippen LogP contribution in [-0.2, 0) is 35.3 Å². The van der Waals surface area contributed by atoms with E-state index >= 15 is 35.1 Å². The van der Waals surface area contributed by atoms with Crippen molar-refractivity contribution in [2.75, 3.05) is 13.1 Å². The van der Waals surface area contributed by atoms with Crippen molar-refractivity contribution in [3.05, 3.63) is 328 Å². The predicted octanol–water partition coefficient (Wildman–Crippen LogP) is 26.2. The highest BCUT2D eigenvalue weighted by molar-refractivity contribution is 5.87. The Morgan fingerprint density at radius 3 is 0.844 bits per heavy atom. The zero-order valence-electron chi connectivity index (χ0n) is 74.3. The quantitative estimate of drug-likeness (QED) is 0.0731. The van der Waals surface area contributed by atoms with E-state index in [1.54, 1.807) is 12.2 Å². The lowest BCUT2D eigenvalue weighted by Gasteiger charge is -2.75. The van der Waals surface area contributed by atoms with Gasteiger partial charge in [0.05, 0.1) is 24.2 Å². The molecule has 0 unspecified atom stereocenters. The van der Waals surface area contributed by atoms with Gasteiger partial charge in [0, 0.05) is 82.7 Å². The van der Waals surface area contributed by atoms with Crippen molar-refractivity contribution >= 4 is 58.5 Å². The molecule has 128 heavy (non-hydrogen) atoms. The van der Waals surface area contributed by atoms with E-state index in [-0.39, 0.29) is 80.7 Å². The number of allylic oxidation sites excluding steroid dienone is 2. The lowest BCUT2D eigenvalue weighted by Crippen LogP contribution is -2.75. The Bertz CT molecular complexity index is 5740. The van der Waals surface area contributed by atoms with Gasteiger partial charge < -0.3 is 10.2 Å². The van der Waals surface area contributed by atoms with Crippen LogP contribution in [0, 0.1) is 80.0 Å². The van der Waals surface area contributed by atoms with E-state index < -0.39 is 70.6 Å². The predicted molar refractivity (Wildman–Crippen MR) is 490 cm³/mol. The number of carbonyl (C=O) groups is 2. The number of nitrogens with zero attached hydrogens (tertiary/aromatic N) is 4. The fourth-order valence-corrected chi connectivity index (χ4v) is 28.5. The highest BCUT2D eigenvalue weighted by Crippen LogP contribution is 2.75. The van der Waals surface area contributed by atoms with Crippen LogP contribution in [0.4, 0.5) is 35.1 Å². The molecule has 0 aromatic heterocycles. The molecular formula is C112H112F8N4O4. The first-order valence-corrected chi connectivity index (χ1v) is 46.7. The molecule has 12 fully saturated rings. The van der Waals surface area contributed by atoms with Crippen molar-refractivity contribution in [2.45, 2.75) is 243 Å². The Morgan fingerprint density at radius 1 is 0.359 bits per heavy atom. The molecule has 28 rings (SSSR count). The summed E-state index contributed by atoms with van der Waals surface area (Å²) in [4.78, 5) is 31.5. The molecule has 8 bridgehead atoms. The summed E-state index contributed by atoms with van der Waals surface area (Å²) in [6.45, 7) is 19.1. The molecule has 0 radical (unpaired) electrons. The monoisotopic (exact) mass is 1730 g/mol. The normalized spacial score (nSPS) is 31.9. The van der Waals surface area contributed by atoms with Crippen molar-refractivity contribution in [3.8, 4) is 0 Å². The van der Waals surface area contributed by atoms with Gasteiger partial charge >= 0.3 is 11.9 Å². The van der Waals surface area contributed by atoms with Crippen LogP contribution in [0.5, 0.6) is 0 Å². The van der Waals surface area contributed by atoms with E-state index in [1.165, 1.54) is 177 Å². The number of fused-ring (bicyclic) bond motifs is 8. The van der Waals surface area contributed by atoms with Gasteiger partial charge in [-0.1, -0.05) is 135 Å². The third-order valence-corrected chi connectivity index (χ3v) is 33.1. The zero-order chi connectivity index (χ0) is 88.9. The molecule has 0 amide bonds. The Hall–Kier alpha value is -10.1. The number of aliphatic carboxylic acids is 2. The maximum atomic E-state index is 15.6. The molecular weight excluding hydrogens is 1620 g/mol. The Labute approximate surface area is 746 Å². The van der Waals surface area contributed by atoms with Crippen molar-refractivity contribution in [3.63, 3.8) is 0 Å². The number of carboxylic acid groups (broad SMARTS) is 2. The summed E-state index contributed by atoms with van der Waals surface area (Å²) in [5.41, 5.74) is 23.7. The number of hydrogen-bond acceptors (Lipinski definition) is 6. The summed E-state index contributed by atoms with van der Waals surface area (Å²) in [5, 5.41) is 17.8. The van der Waals surface area contributed by atoms with Gasteiger partial charge in [-0.2, -0.15) is 0 Å². The SMILES string of the molecule is C/C=C/c1cc(F)c([C@@H]2C3=C(C[C@@H](C)N2CC24CC(C2)C4)c2ccccc2C3)c(F)c1.C/C=C/c1cc(F)c([C@H]2C3=C(C[C@@H](C)N2CC24CC(C2)C4)c2ccccc2C3)c(F)c1.C[C@@H]1CC2=C(Cc3ccccc32)[C@@H](c2c(F)cc(/C=C/C(=O)O)cc2F)N1C12CC(C)(C1)C2.C[C@@H]1CC2=C(Cc3ccccc32)[C@H](c2c(F)cc(/C=C/C(=O)O)cc2F)N1C12CC(C)(C1)C2. The van der Waals surface area contributed by atoms with E-state index in [1.807, 2.05) is 50.3 Å². The molecule has 2 N–H and O–H groups in total. The van der Waals surface area contributed by atoms with Gasteiger partial charge in [0.2, 0.25) is 0 Å². The summed E-state index contributed by atoms with van der Waals surface area (Å²) in [6.07, 6.45) is 32.4. The lowest BCUT2D eigenvalue weighted by atomic mass is 9.39. The van der Waals surface area contributed by atoms with E-state index in [2.05, 4.69) is 134 Å². The second kappa shape index (κ2) is 31.3. The maximum absolute atomic E-state index is 15.6. The largest absolute Gasteiger partial charge is 0.478 e. The van der Waals surface area contributed by atoms with Crippen LogP contribution in [0.2, 0.25) is 0 Å². The molecule has 660 valence electrons. The third-order valence-electron chi connectivity index (χ3n) is 33.1. The van der Waals surface area contributed by atoms with Crippen LogP contribution < -0.4 is 0 Å². The van der Waals surface area contributed by atoms with Crippen molar-refractivity contribution in [1.82, 2.24) is 19.6 Å². The molecule has 16 aliphatic carbocycles. The molecule has 16 heteroatoms. The topological polar surface area (TPSA) is 87.6 Å². The fraction of sp³-hybridized carbons (Fsp3) is 0.411. The fourth-order valence-electron chi connectivity index (χ4n) is 28.5. The van der Waals surface area contributed by atoms with E-state index in [4.69, 9.17) is 10.2 Å². The molecule has 12 saturated carbocycles. The van der Waals surface area contributed by atoms with Gasteiger partial charge in [0.25, 0.3) is 0 Å². The summed E-state index contributed by atoms with van der Waals surface area (Å²) in [5.74, 6) is -4.60. The van der Waals surface area contributed by atoms with Crippen LogP contribution in [0.15, 0.2) is 192 Å². The summed E-state index contributed by atoms with van der Waals surface area (Å²) >= 11 is 0. The first-order chi connectivity index (χ1) is 61.3. The highest BCUT2D eigenvalue weighted by atomic mass is 19.2. The minimum atomic E-state index is -1.15. The van der Waals surface area contributed by atoms with Crippen LogP contribution in [0.1, 0.15) is 271 Å². The van der Waals surface area contributed by atoms with E-state index in [0.29, 0.717) is 45.6 Å². The van der Waals surface area contributed by atoms with Gasteiger partial charge in [-0.15, -0.1) is 0 Å². The van der Waals surface area contributed by atoms with Crippen molar-refractivity contribution < 1.29 is 54.9 Å². The van der Waals surface area contributed by atoms with Gasteiger partial charge in [0.15, 0.2) is 0 Å². The van der Waals surface area contributed by atoms with Gasteiger partial charge in [-0.3, -0.25) is 19.6 Å². The molecule has 8 aromatic carbocycles. The van der Waals surface area contributed by atoms with Gasteiger partial charge in [-0.25, -0.2) is 44.7 Å².